The van der Waals surface area contributed by atoms with Gasteiger partial charge in [0.05, 0.1) is 0 Å². The zero-order chi connectivity index (χ0) is 10.8. The molecule has 0 amide bonds. The van der Waals surface area contributed by atoms with Crippen molar-refractivity contribution in [1.82, 2.24) is 0 Å². The smallest absolute Gasteiger partial charge is 0.00472 e. The highest BCUT2D eigenvalue weighted by Crippen LogP contribution is 2.42. The fourth-order valence-electron chi connectivity index (χ4n) is 3.13. The van der Waals surface area contributed by atoms with E-state index in [0.29, 0.717) is 0 Å². The zero-order valence-corrected chi connectivity index (χ0v) is 11.1. The van der Waals surface area contributed by atoms with Crippen LogP contribution in [0.1, 0.15) is 40.0 Å². The first-order chi connectivity index (χ1) is 7.20. The molecule has 2 unspecified atom stereocenters. The first kappa shape index (κ1) is 11.6. The number of rotatable bonds is 1. The van der Waals surface area contributed by atoms with Gasteiger partial charge >= 0.3 is 0 Å². The summed E-state index contributed by atoms with van der Waals surface area (Å²) < 4.78 is 0. The van der Waals surface area contributed by atoms with Crippen molar-refractivity contribution in [2.75, 3.05) is 5.75 Å². The van der Waals surface area contributed by atoms with E-state index >= 15 is 0 Å². The van der Waals surface area contributed by atoms with Gasteiger partial charge in [-0.05, 0) is 42.3 Å². The van der Waals surface area contributed by atoms with E-state index in [0.717, 1.165) is 28.9 Å². The zero-order valence-electron chi connectivity index (χ0n) is 10.3. The molecule has 2 aliphatic rings. The summed E-state index contributed by atoms with van der Waals surface area (Å²) in [4.78, 5) is 0. The van der Waals surface area contributed by atoms with Crippen molar-refractivity contribution in [3.63, 3.8) is 0 Å². The molecule has 1 heteroatoms. The van der Waals surface area contributed by atoms with Crippen LogP contribution < -0.4 is 0 Å². The van der Waals surface area contributed by atoms with Crippen molar-refractivity contribution < 1.29 is 0 Å². The van der Waals surface area contributed by atoms with E-state index in [1.54, 1.807) is 0 Å². The Balaban J connectivity index is 2.08. The monoisotopic (exact) mass is 224 g/mol. The third-order valence-electron chi connectivity index (χ3n) is 4.30. The van der Waals surface area contributed by atoms with Gasteiger partial charge in [-0.25, -0.2) is 0 Å². The largest absolute Gasteiger partial charge is 0.158 e. The van der Waals surface area contributed by atoms with Gasteiger partial charge < -0.3 is 0 Å². The van der Waals surface area contributed by atoms with Crippen LogP contribution in [0.5, 0.6) is 0 Å². The average Bonchev–Trinajstić information content (AvgIpc) is 2.38. The molecule has 1 heterocycles. The molecular formula is C14H24S. The van der Waals surface area contributed by atoms with E-state index in [9.17, 15) is 0 Å². The third-order valence-corrected chi connectivity index (χ3v) is 5.83. The predicted molar refractivity (Wildman–Crippen MR) is 70.2 cm³/mol. The van der Waals surface area contributed by atoms with Crippen LogP contribution in [0.15, 0.2) is 12.2 Å². The summed E-state index contributed by atoms with van der Waals surface area (Å²) >= 11 is 2.23. The lowest BCUT2D eigenvalue weighted by Crippen LogP contribution is -2.22. The molecular weight excluding hydrogens is 200 g/mol. The van der Waals surface area contributed by atoms with Gasteiger partial charge in [0.25, 0.3) is 0 Å². The van der Waals surface area contributed by atoms with Gasteiger partial charge in [-0.1, -0.05) is 39.3 Å². The minimum absolute atomic E-state index is 0.820. The normalized spacial score (nSPS) is 45.9. The third kappa shape index (κ3) is 2.61. The van der Waals surface area contributed by atoms with Crippen molar-refractivity contribution in [1.29, 1.82) is 0 Å². The summed E-state index contributed by atoms with van der Waals surface area (Å²) in [6, 6.07) is 0. The lowest BCUT2D eigenvalue weighted by Gasteiger charge is -2.29. The van der Waals surface area contributed by atoms with Crippen LogP contribution >= 0.6 is 11.8 Å². The highest BCUT2D eigenvalue weighted by molar-refractivity contribution is 7.99. The molecule has 1 aliphatic heterocycles. The molecule has 0 bridgehead atoms. The molecule has 86 valence electrons. The lowest BCUT2D eigenvalue weighted by molar-refractivity contribution is 0.296. The molecule has 5 atom stereocenters. The van der Waals surface area contributed by atoms with Gasteiger partial charge in [0, 0.05) is 5.25 Å². The van der Waals surface area contributed by atoms with Gasteiger partial charge in [-0.2, -0.15) is 11.8 Å². The van der Waals surface area contributed by atoms with Gasteiger partial charge in [0.2, 0.25) is 0 Å². The quantitative estimate of drug-likeness (QED) is 0.596. The average molecular weight is 224 g/mol. The molecule has 15 heavy (non-hydrogen) atoms. The van der Waals surface area contributed by atoms with Crippen molar-refractivity contribution >= 4 is 11.8 Å². The Morgan fingerprint density at radius 2 is 2.00 bits per heavy atom. The van der Waals surface area contributed by atoms with Crippen LogP contribution in [0.4, 0.5) is 0 Å². The molecule has 1 fully saturated rings. The van der Waals surface area contributed by atoms with Gasteiger partial charge in [0.15, 0.2) is 0 Å². The van der Waals surface area contributed by atoms with Gasteiger partial charge in [0.1, 0.15) is 0 Å². The standard InChI is InChI=1S/C14H24S/c1-4-12-8-13-6-5-10(2)7-14(13)9-15-11(12)3/h5-6,10-14H,4,7-9H2,1-3H3/t10-,11+,12?,13?,14+/m1/s1. The van der Waals surface area contributed by atoms with Crippen molar-refractivity contribution in [3.05, 3.63) is 12.2 Å². The van der Waals surface area contributed by atoms with E-state index in [1.165, 1.54) is 25.0 Å². The van der Waals surface area contributed by atoms with Crippen LogP contribution in [0, 0.1) is 23.7 Å². The molecule has 0 aromatic rings. The first-order valence-electron chi connectivity index (χ1n) is 6.50. The summed E-state index contributed by atoms with van der Waals surface area (Å²) in [5.41, 5.74) is 0. The van der Waals surface area contributed by atoms with Crippen LogP contribution in [-0.4, -0.2) is 11.0 Å². The minimum Gasteiger partial charge on any atom is -0.158 e. The summed E-state index contributed by atoms with van der Waals surface area (Å²) in [6.45, 7) is 7.16. The molecule has 1 saturated heterocycles. The Hall–Kier alpha value is 0.0900. The number of allylic oxidation sites excluding steroid dienone is 2. The van der Waals surface area contributed by atoms with Gasteiger partial charge in [-0.3, -0.25) is 0 Å². The molecule has 0 saturated carbocycles. The summed E-state index contributed by atoms with van der Waals surface area (Å²) in [7, 11) is 0. The number of hydrogen-bond donors (Lipinski definition) is 0. The number of hydrogen-bond acceptors (Lipinski definition) is 1. The second-order valence-corrected chi connectivity index (χ2v) is 6.87. The minimum atomic E-state index is 0.820. The maximum Gasteiger partial charge on any atom is 0.00472 e. The molecule has 0 nitrogen and oxygen atoms in total. The highest BCUT2D eigenvalue weighted by Gasteiger charge is 2.32. The van der Waals surface area contributed by atoms with E-state index in [4.69, 9.17) is 0 Å². The van der Waals surface area contributed by atoms with Crippen LogP contribution in [0.3, 0.4) is 0 Å². The SMILES string of the molecule is CCC1CC2C=C[C@@H](C)C[C@H]2CS[C@H]1C. The lowest BCUT2D eigenvalue weighted by atomic mass is 9.76. The van der Waals surface area contributed by atoms with E-state index in [2.05, 4.69) is 44.7 Å². The molecule has 1 aliphatic carbocycles. The van der Waals surface area contributed by atoms with Crippen LogP contribution in [0.2, 0.25) is 0 Å². The molecule has 0 aromatic heterocycles. The maximum absolute atomic E-state index is 2.53. The van der Waals surface area contributed by atoms with Crippen molar-refractivity contribution in [3.8, 4) is 0 Å². The van der Waals surface area contributed by atoms with Crippen LogP contribution in [-0.2, 0) is 0 Å². The Morgan fingerprint density at radius 3 is 2.73 bits per heavy atom. The molecule has 0 radical (unpaired) electrons. The van der Waals surface area contributed by atoms with Crippen molar-refractivity contribution in [2.24, 2.45) is 23.7 Å². The molecule has 0 aromatic carbocycles. The summed E-state index contributed by atoms with van der Waals surface area (Å²) in [6.07, 6.45) is 9.21. The second-order valence-electron chi connectivity index (χ2n) is 5.46. The van der Waals surface area contributed by atoms with Gasteiger partial charge in [-0.15, -0.1) is 0 Å². The van der Waals surface area contributed by atoms with E-state index in [-0.39, 0.29) is 0 Å². The van der Waals surface area contributed by atoms with Crippen LogP contribution in [0.25, 0.3) is 0 Å². The first-order valence-corrected chi connectivity index (χ1v) is 7.55. The number of thioether (sulfide) groups is 1. The van der Waals surface area contributed by atoms with E-state index < -0.39 is 0 Å². The Kier molecular flexibility index (Phi) is 3.82. The molecule has 0 N–H and O–H groups in total. The maximum atomic E-state index is 2.53. The number of fused-ring (bicyclic) bond motifs is 1. The Bertz CT molecular complexity index is 233. The Morgan fingerprint density at radius 1 is 1.20 bits per heavy atom. The summed E-state index contributed by atoms with van der Waals surface area (Å²) in [5, 5.41) is 0.879. The second kappa shape index (κ2) is 4.95. The summed E-state index contributed by atoms with van der Waals surface area (Å²) in [5.74, 6) is 5.03. The molecule has 2 rings (SSSR count). The topological polar surface area (TPSA) is 0 Å². The fourth-order valence-corrected chi connectivity index (χ4v) is 4.64. The fraction of sp³-hybridized carbons (Fsp3) is 0.857. The van der Waals surface area contributed by atoms with E-state index in [1.807, 2.05) is 0 Å². The molecule has 0 spiro atoms. The Labute approximate surface area is 98.9 Å². The predicted octanol–water partition coefficient (Wildman–Crippen LogP) is 4.37. The highest BCUT2D eigenvalue weighted by atomic mass is 32.2. The van der Waals surface area contributed by atoms with Crippen molar-refractivity contribution in [2.45, 2.75) is 45.3 Å².